The number of nitrogens with one attached hydrogen (secondary N) is 1. The Morgan fingerprint density at radius 3 is 2.53 bits per heavy atom. The molecule has 2 unspecified atom stereocenters. The van der Waals surface area contributed by atoms with Crippen molar-refractivity contribution >= 4 is 17.7 Å². The van der Waals surface area contributed by atoms with Crippen molar-refractivity contribution in [3.63, 3.8) is 0 Å². The molecule has 0 radical (unpaired) electrons. The van der Waals surface area contributed by atoms with E-state index in [4.69, 9.17) is 4.74 Å². The number of amides is 1. The number of nitrogens with zero attached hydrogens (tertiary/aromatic N) is 1. The van der Waals surface area contributed by atoms with Crippen LogP contribution in [0.1, 0.15) is 13.8 Å². The highest BCUT2D eigenvalue weighted by atomic mass is 32.2. The first kappa shape index (κ1) is 13.2. The van der Waals surface area contributed by atoms with Gasteiger partial charge in [-0.25, -0.2) is 0 Å². The molecular weight excluding hydrogens is 236 g/mol. The number of morpholine rings is 1. The van der Waals surface area contributed by atoms with Gasteiger partial charge in [-0.05, 0) is 38.6 Å². The average molecular weight is 258 g/mol. The predicted octanol–water partition coefficient (Wildman–Crippen LogP) is 0.575. The number of carbonyl (C=O) groups is 1. The third-order valence-corrected chi connectivity index (χ3v) is 4.38. The van der Waals surface area contributed by atoms with Gasteiger partial charge in [-0.3, -0.25) is 4.79 Å². The van der Waals surface area contributed by atoms with Crippen molar-refractivity contribution in [3.05, 3.63) is 0 Å². The molecule has 0 bridgehead atoms. The molecule has 0 aromatic carbocycles. The zero-order valence-corrected chi connectivity index (χ0v) is 11.5. The van der Waals surface area contributed by atoms with Gasteiger partial charge in [0.1, 0.15) is 0 Å². The summed E-state index contributed by atoms with van der Waals surface area (Å²) >= 11 is 1.77. The smallest absolute Gasteiger partial charge is 0.232 e. The molecule has 17 heavy (non-hydrogen) atoms. The fourth-order valence-electron chi connectivity index (χ4n) is 2.25. The maximum atomic E-state index is 12.0. The largest absolute Gasteiger partial charge is 0.372 e. The molecule has 4 nitrogen and oxygen atoms in total. The van der Waals surface area contributed by atoms with E-state index in [1.54, 1.807) is 11.8 Å². The van der Waals surface area contributed by atoms with Crippen LogP contribution in [0.25, 0.3) is 0 Å². The van der Waals surface area contributed by atoms with Crippen molar-refractivity contribution in [1.29, 1.82) is 0 Å². The molecule has 2 aliphatic heterocycles. The van der Waals surface area contributed by atoms with Crippen LogP contribution in [-0.2, 0) is 9.53 Å². The van der Waals surface area contributed by atoms with Crippen molar-refractivity contribution in [1.82, 2.24) is 10.2 Å². The van der Waals surface area contributed by atoms with Gasteiger partial charge in [0.15, 0.2) is 0 Å². The normalized spacial score (nSPS) is 30.1. The van der Waals surface area contributed by atoms with Crippen molar-refractivity contribution in [2.75, 3.05) is 37.7 Å². The van der Waals surface area contributed by atoms with E-state index in [1.807, 2.05) is 18.7 Å². The molecule has 2 atom stereocenters. The number of hydrogen-bond acceptors (Lipinski definition) is 4. The monoisotopic (exact) mass is 258 g/mol. The van der Waals surface area contributed by atoms with Gasteiger partial charge in [0.05, 0.1) is 18.0 Å². The minimum atomic E-state index is 0.170. The Morgan fingerprint density at radius 2 is 2.00 bits per heavy atom. The van der Waals surface area contributed by atoms with E-state index in [9.17, 15) is 4.79 Å². The molecule has 2 heterocycles. The lowest BCUT2D eigenvalue weighted by atomic mass is 10.1. The van der Waals surface area contributed by atoms with Gasteiger partial charge in [0.25, 0.3) is 0 Å². The Hall–Kier alpha value is -0.260. The molecular formula is C12H22N2O2S. The predicted molar refractivity (Wildman–Crippen MR) is 70.3 cm³/mol. The summed E-state index contributed by atoms with van der Waals surface area (Å²) in [6, 6.07) is 0. The van der Waals surface area contributed by atoms with Gasteiger partial charge in [0, 0.05) is 13.1 Å². The van der Waals surface area contributed by atoms with E-state index >= 15 is 0 Å². The molecule has 2 rings (SSSR count). The third-order valence-electron chi connectivity index (χ3n) is 3.22. The molecule has 5 heteroatoms. The topological polar surface area (TPSA) is 41.6 Å². The molecule has 0 aliphatic carbocycles. The van der Waals surface area contributed by atoms with Crippen molar-refractivity contribution in [2.45, 2.75) is 26.1 Å². The maximum Gasteiger partial charge on any atom is 0.232 e. The lowest BCUT2D eigenvalue weighted by Crippen LogP contribution is -2.49. The molecule has 1 amide bonds. The summed E-state index contributed by atoms with van der Waals surface area (Å²) in [6.07, 6.45) is 0.340. The average Bonchev–Trinajstić information content (AvgIpc) is 2.20. The van der Waals surface area contributed by atoms with Crippen LogP contribution >= 0.6 is 11.8 Å². The first-order chi connectivity index (χ1) is 8.15. The lowest BCUT2D eigenvalue weighted by Gasteiger charge is -2.35. The summed E-state index contributed by atoms with van der Waals surface area (Å²) in [7, 11) is 0. The zero-order valence-electron chi connectivity index (χ0n) is 10.6. The van der Waals surface area contributed by atoms with Crippen molar-refractivity contribution in [3.8, 4) is 0 Å². The summed E-state index contributed by atoms with van der Waals surface area (Å²) in [5, 5.41) is 3.25. The van der Waals surface area contributed by atoms with Gasteiger partial charge in [-0.1, -0.05) is 0 Å². The summed E-state index contributed by atoms with van der Waals surface area (Å²) in [4.78, 5) is 14.0. The minimum absolute atomic E-state index is 0.170. The molecule has 0 aromatic heterocycles. The summed E-state index contributed by atoms with van der Waals surface area (Å²) in [6.45, 7) is 7.79. The number of hydrogen-bond donors (Lipinski definition) is 1. The lowest BCUT2D eigenvalue weighted by molar-refractivity contribution is -0.140. The maximum absolute atomic E-state index is 12.0. The first-order valence-corrected chi connectivity index (χ1v) is 7.52. The second-order valence-electron chi connectivity index (χ2n) is 5.10. The van der Waals surface area contributed by atoms with Gasteiger partial charge >= 0.3 is 0 Å². The highest BCUT2D eigenvalue weighted by Gasteiger charge is 2.26. The van der Waals surface area contributed by atoms with E-state index in [-0.39, 0.29) is 18.1 Å². The van der Waals surface area contributed by atoms with Crippen molar-refractivity contribution < 1.29 is 9.53 Å². The Kier molecular flexibility index (Phi) is 4.70. The zero-order chi connectivity index (χ0) is 12.3. The highest BCUT2D eigenvalue weighted by molar-refractivity contribution is 7.99. The molecule has 0 saturated carbocycles. The Morgan fingerprint density at radius 1 is 1.35 bits per heavy atom. The second-order valence-corrected chi connectivity index (χ2v) is 6.13. The van der Waals surface area contributed by atoms with Gasteiger partial charge in [0.2, 0.25) is 5.91 Å². The fraction of sp³-hybridized carbons (Fsp3) is 0.917. The van der Waals surface area contributed by atoms with Crippen LogP contribution in [0.4, 0.5) is 0 Å². The fourth-order valence-corrected chi connectivity index (χ4v) is 3.30. The SMILES string of the molecule is CC1CN(C(=O)CSCC2CNC2)CC(C)O1. The van der Waals surface area contributed by atoms with Crippen molar-refractivity contribution in [2.24, 2.45) is 5.92 Å². The molecule has 98 valence electrons. The van der Waals surface area contributed by atoms with Gasteiger partial charge in [-0.15, -0.1) is 0 Å². The highest BCUT2D eigenvalue weighted by Crippen LogP contribution is 2.15. The molecule has 0 spiro atoms. The van der Waals surface area contributed by atoms with Crippen LogP contribution in [0.2, 0.25) is 0 Å². The van der Waals surface area contributed by atoms with Crippen LogP contribution in [0.5, 0.6) is 0 Å². The molecule has 2 saturated heterocycles. The van der Waals surface area contributed by atoms with E-state index in [0.29, 0.717) is 5.75 Å². The van der Waals surface area contributed by atoms with E-state index < -0.39 is 0 Å². The minimum Gasteiger partial charge on any atom is -0.372 e. The summed E-state index contributed by atoms with van der Waals surface area (Å²) in [5.74, 6) is 2.77. The summed E-state index contributed by atoms with van der Waals surface area (Å²) < 4.78 is 5.63. The Labute approximate surface area is 107 Å². The number of carbonyl (C=O) groups excluding carboxylic acids is 1. The molecule has 2 fully saturated rings. The van der Waals surface area contributed by atoms with Crippen LogP contribution in [0.3, 0.4) is 0 Å². The van der Waals surface area contributed by atoms with E-state index in [0.717, 1.165) is 37.8 Å². The standard InChI is InChI=1S/C12H22N2O2S/c1-9-5-14(6-10(2)16-9)12(15)8-17-7-11-3-13-4-11/h9-11,13H,3-8H2,1-2H3. The molecule has 0 aromatic rings. The number of rotatable bonds is 4. The van der Waals surface area contributed by atoms with E-state index in [1.165, 1.54) is 0 Å². The Balaban J connectivity index is 1.67. The van der Waals surface area contributed by atoms with Crippen LogP contribution in [0, 0.1) is 5.92 Å². The summed E-state index contributed by atoms with van der Waals surface area (Å²) in [5.41, 5.74) is 0. The van der Waals surface area contributed by atoms with Gasteiger partial charge in [-0.2, -0.15) is 11.8 Å². The number of ether oxygens (including phenoxy) is 1. The van der Waals surface area contributed by atoms with Crippen LogP contribution < -0.4 is 5.32 Å². The quantitative estimate of drug-likeness (QED) is 0.801. The molecule has 2 aliphatic rings. The van der Waals surface area contributed by atoms with Crippen LogP contribution in [0.15, 0.2) is 0 Å². The molecule has 1 N–H and O–H groups in total. The first-order valence-electron chi connectivity index (χ1n) is 6.37. The third kappa shape index (κ3) is 3.86. The van der Waals surface area contributed by atoms with E-state index in [2.05, 4.69) is 5.32 Å². The second kappa shape index (κ2) is 6.07. The number of thioether (sulfide) groups is 1. The Bertz CT molecular complexity index is 261. The van der Waals surface area contributed by atoms with Crippen LogP contribution in [-0.4, -0.2) is 60.7 Å². The van der Waals surface area contributed by atoms with Gasteiger partial charge < -0.3 is 15.0 Å².